The molecule has 1 aromatic rings. The molecule has 2 aliphatic heterocycles. The molecule has 2 heterocycles. The fourth-order valence-corrected chi connectivity index (χ4v) is 11.4. The van der Waals surface area contributed by atoms with Gasteiger partial charge in [0.05, 0.1) is 12.2 Å². The van der Waals surface area contributed by atoms with Crippen LogP contribution in [0.2, 0.25) is 0 Å². The molecule has 16 nitrogen and oxygen atoms in total. The number of benzene rings is 1. The Hall–Kier alpha value is -4.64. The number of aliphatic hydroxyl groups is 1. The van der Waals surface area contributed by atoms with Crippen LogP contribution < -0.4 is 21.7 Å². The van der Waals surface area contributed by atoms with E-state index >= 15 is 0 Å². The number of carbonyl (C=O) groups excluding carboxylic acids is 6. The average Bonchev–Trinajstić information content (AvgIpc) is 3.70. The number of ether oxygens (including phenoxy) is 4. The minimum Gasteiger partial charge on any atom is -0.445 e. The van der Waals surface area contributed by atoms with Crippen LogP contribution in [0.4, 0.5) is 15.3 Å². The number of likely N-dealkylation sites (tertiary alicyclic amines) is 1. The molecule has 1 aromatic carbocycles. The third kappa shape index (κ3) is 8.86. The number of primary amides is 1. The molecule has 10 atom stereocenters. The third-order valence-electron chi connectivity index (χ3n) is 14.3. The van der Waals surface area contributed by atoms with Crippen molar-refractivity contribution in [3.8, 4) is 0 Å². The van der Waals surface area contributed by atoms with Crippen molar-refractivity contribution in [3.63, 3.8) is 0 Å². The number of rotatable bonds is 16. The van der Waals surface area contributed by atoms with Gasteiger partial charge in [0.25, 0.3) is 0 Å². The topological polar surface area (TPSA) is 225 Å². The van der Waals surface area contributed by atoms with Crippen LogP contribution in [-0.4, -0.2) is 102 Å². The molecule has 2 saturated heterocycles. The predicted molar refractivity (Wildman–Crippen MR) is 221 cm³/mol. The van der Waals surface area contributed by atoms with Gasteiger partial charge in [0.15, 0.2) is 23.5 Å². The molecule has 4 aliphatic carbocycles. The van der Waals surface area contributed by atoms with Gasteiger partial charge in [-0.15, -0.1) is 0 Å². The number of carbonyl (C=O) groups is 6. The van der Waals surface area contributed by atoms with E-state index in [0.717, 1.165) is 24.8 Å². The Morgan fingerprint density at radius 2 is 1.87 bits per heavy atom. The lowest BCUT2D eigenvalue weighted by Crippen LogP contribution is -2.63. The SMILES string of the molecule is CCCC1OC2CC3C4CCC5=CC(=O)C=CC5(C)C4C(O)CC3(C)C2(C(=O)COCN2CCCC(NC(=O)OCc3ccc(NC(=O)CCCCNC(N)=O)cc3)C2=O)O1. The van der Waals surface area contributed by atoms with Crippen molar-refractivity contribution < 1.29 is 52.8 Å². The molecule has 0 aromatic heterocycles. The number of anilines is 1. The number of piperidine rings is 1. The quantitative estimate of drug-likeness (QED) is 0.147. The number of unbranched alkanes of at least 4 members (excludes halogenated alkanes) is 1. The first-order valence-corrected chi connectivity index (χ1v) is 21.9. The minimum atomic E-state index is -1.33. The Bertz CT molecular complexity index is 1920. The molecule has 16 heteroatoms. The van der Waals surface area contributed by atoms with E-state index in [9.17, 15) is 33.9 Å². The Balaban J connectivity index is 0.910. The standard InChI is InChI=1S/C45H61N5O11/c1-4-8-38-60-36-22-32-31-16-13-28-21-30(51)17-18-43(28,2)39(31)34(52)23-44(32,3)45(36,61-38)35(53)25-58-26-50-20-7-9-33(40(50)55)49-42(57)59-24-27-11-14-29(15-12-27)48-37(54)10-5-6-19-47-41(46)56/h11-12,14-15,17-18,21,31-34,36,38-39,52H,4-10,13,16,19-20,22-26H2,1-3H3,(H,48,54)(H,49,57)(H3,46,47,56). The molecule has 5 fully saturated rings. The number of nitrogens with two attached hydrogens (primary N) is 1. The van der Waals surface area contributed by atoms with Crippen molar-refractivity contribution in [2.24, 2.45) is 34.3 Å². The molecule has 6 aliphatic rings. The second kappa shape index (κ2) is 18.4. The van der Waals surface area contributed by atoms with Crippen LogP contribution in [0.1, 0.15) is 97.0 Å². The lowest BCUT2D eigenvalue weighted by atomic mass is 9.46. The van der Waals surface area contributed by atoms with Crippen molar-refractivity contribution in [1.29, 1.82) is 0 Å². The first-order valence-electron chi connectivity index (χ1n) is 21.9. The van der Waals surface area contributed by atoms with Gasteiger partial charge in [0, 0.05) is 41.9 Å². The van der Waals surface area contributed by atoms with Crippen molar-refractivity contribution in [1.82, 2.24) is 15.5 Å². The first-order chi connectivity index (χ1) is 29.2. The lowest BCUT2D eigenvalue weighted by molar-refractivity contribution is -0.202. The molecular weight excluding hydrogens is 787 g/mol. The summed E-state index contributed by atoms with van der Waals surface area (Å²) in [6, 6.07) is 5.42. The van der Waals surface area contributed by atoms with Gasteiger partial charge in [0.1, 0.15) is 26.0 Å². The summed E-state index contributed by atoms with van der Waals surface area (Å²) >= 11 is 0. The zero-order valence-corrected chi connectivity index (χ0v) is 35.5. The van der Waals surface area contributed by atoms with E-state index in [1.54, 1.807) is 36.4 Å². The highest BCUT2D eigenvalue weighted by Gasteiger charge is 2.75. The number of hydrogen-bond acceptors (Lipinski definition) is 11. The molecule has 6 N–H and O–H groups in total. The number of ketones is 2. The first kappa shape index (κ1) is 44.4. The molecule has 0 bridgehead atoms. The van der Waals surface area contributed by atoms with E-state index in [2.05, 4.69) is 29.8 Å². The fraction of sp³-hybridized carbons (Fsp3) is 0.644. The Labute approximate surface area is 356 Å². The fourth-order valence-electron chi connectivity index (χ4n) is 11.4. The lowest BCUT2D eigenvalue weighted by Gasteiger charge is -2.59. The molecule has 61 heavy (non-hydrogen) atoms. The molecule has 7 rings (SSSR count). The largest absolute Gasteiger partial charge is 0.445 e. The summed E-state index contributed by atoms with van der Waals surface area (Å²) in [6.07, 6.45) is 9.22. The molecule has 5 amide bonds. The second-order valence-electron chi connectivity index (χ2n) is 18.1. The zero-order chi connectivity index (χ0) is 43.5. The number of urea groups is 1. The summed E-state index contributed by atoms with van der Waals surface area (Å²) in [6.45, 7) is 6.50. The van der Waals surface area contributed by atoms with Gasteiger partial charge in [-0.2, -0.15) is 0 Å². The van der Waals surface area contributed by atoms with Crippen LogP contribution in [-0.2, 0) is 44.7 Å². The van der Waals surface area contributed by atoms with E-state index < -0.39 is 53.1 Å². The molecule has 10 unspecified atom stereocenters. The van der Waals surface area contributed by atoms with E-state index in [0.29, 0.717) is 69.3 Å². The highest BCUT2D eigenvalue weighted by atomic mass is 16.7. The molecule has 332 valence electrons. The number of amides is 5. The van der Waals surface area contributed by atoms with E-state index in [1.165, 1.54) is 4.90 Å². The molecule has 3 saturated carbocycles. The smallest absolute Gasteiger partial charge is 0.408 e. The van der Waals surface area contributed by atoms with Gasteiger partial charge in [0.2, 0.25) is 11.8 Å². The van der Waals surface area contributed by atoms with Gasteiger partial charge in [-0.1, -0.05) is 51.0 Å². The number of fused-ring (bicyclic) bond motifs is 7. The van der Waals surface area contributed by atoms with Gasteiger partial charge in [-0.3, -0.25) is 19.2 Å². The number of hydrogen-bond donors (Lipinski definition) is 5. The van der Waals surface area contributed by atoms with Crippen molar-refractivity contribution >= 4 is 41.2 Å². The number of allylic oxidation sites excluding steroid dienone is 4. The number of Topliss-reactive ketones (excluding diaryl/α,β-unsaturated/α-hetero) is 1. The normalized spacial score (nSPS) is 33.7. The minimum absolute atomic E-state index is 0.0206. The van der Waals surface area contributed by atoms with E-state index in [1.807, 2.05) is 13.0 Å². The number of aliphatic hydroxyl groups excluding tert-OH is 1. The van der Waals surface area contributed by atoms with Crippen LogP contribution in [0.25, 0.3) is 0 Å². The Kier molecular flexibility index (Phi) is 13.4. The summed E-state index contributed by atoms with van der Waals surface area (Å²) in [4.78, 5) is 77.7. The van der Waals surface area contributed by atoms with Gasteiger partial charge >= 0.3 is 12.1 Å². The van der Waals surface area contributed by atoms with Crippen molar-refractivity contribution in [2.75, 3.05) is 31.7 Å². The average molecular weight is 848 g/mol. The number of nitrogens with zero attached hydrogens (tertiary/aromatic N) is 1. The summed E-state index contributed by atoms with van der Waals surface area (Å²) in [5.41, 5.74) is 4.85. The van der Waals surface area contributed by atoms with E-state index in [4.69, 9.17) is 24.7 Å². The van der Waals surface area contributed by atoms with Crippen LogP contribution >= 0.6 is 0 Å². The maximum absolute atomic E-state index is 14.6. The predicted octanol–water partition coefficient (Wildman–Crippen LogP) is 4.39. The number of alkyl carbamates (subject to hydrolysis) is 1. The maximum Gasteiger partial charge on any atom is 0.408 e. The van der Waals surface area contributed by atoms with Crippen molar-refractivity contribution in [3.05, 3.63) is 53.6 Å². The summed E-state index contributed by atoms with van der Waals surface area (Å²) in [5, 5.41) is 20.0. The third-order valence-corrected chi connectivity index (χ3v) is 14.3. The van der Waals surface area contributed by atoms with Gasteiger partial charge in [-0.25, -0.2) is 9.59 Å². The molecule has 0 spiro atoms. The maximum atomic E-state index is 14.6. The Morgan fingerprint density at radius 1 is 1.08 bits per heavy atom. The number of nitrogens with one attached hydrogen (secondary N) is 3. The highest BCUT2D eigenvalue weighted by molar-refractivity contribution is 6.01. The Morgan fingerprint density at radius 3 is 2.62 bits per heavy atom. The van der Waals surface area contributed by atoms with Gasteiger partial charge in [-0.05, 0) is 99.5 Å². The van der Waals surface area contributed by atoms with Crippen LogP contribution in [0.5, 0.6) is 0 Å². The summed E-state index contributed by atoms with van der Waals surface area (Å²) < 4.78 is 24.7. The molecular formula is C45H61N5O11. The van der Waals surface area contributed by atoms with Gasteiger partial charge < -0.3 is 50.6 Å². The summed E-state index contributed by atoms with van der Waals surface area (Å²) in [5.74, 6) is -0.777. The summed E-state index contributed by atoms with van der Waals surface area (Å²) in [7, 11) is 0. The zero-order valence-electron chi connectivity index (χ0n) is 35.5. The van der Waals surface area contributed by atoms with Crippen molar-refractivity contribution in [2.45, 2.75) is 128 Å². The van der Waals surface area contributed by atoms with Crippen LogP contribution in [0.3, 0.4) is 0 Å². The second-order valence-corrected chi connectivity index (χ2v) is 18.1. The van der Waals surface area contributed by atoms with Crippen LogP contribution in [0, 0.1) is 28.6 Å². The van der Waals surface area contributed by atoms with E-state index in [-0.39, 0.29) is 67.5 Å². The molecule has 0 radical (unpaired) electrons. The van der Waals surface area contributed by atoms with Crippen LogP contribution in [0.15, 0.2) is 48.1 Å². The monoisotopic (exact) mass is 847 g/mol. The highest BCUT2D eigenvalue weighted by Crippen LogP contribution is 2.69.